The monoisotopic (exact) mass is 704 g/mol. The van der Waals surface area contributed by atoms with Crippen molar-refractivity contribution in [3.8, 4) is 0 Å². The summed E-state index contributed by atoms with van der Waals surface area (Å²) in [5, 5.41) is 11.5. The molecule has 0 bridgehead atoms. The van der Waals surface area contributed by atoms with Gasteiger partial charge in [-0.05, 0) is 43.7 Å². The van der Waals surface area contributed by atoms with Crippen LogP contribution in [0.3, 0.4) is 0 Å². The van der Waals surface area contributed by atoms with Crippen molar-refractivity contribution in [3.63, 3.8) is 0 Å². The van der Waals surface area contributed by atoms with Crippen LogP contribution in [-0.2, 0) is 40.3 Å². The first kappa shape index (κ1) is 37.2. The number of nitrogens with zero attached hydrogens (tertiary/aromatic N) is 3. The van der Waals surface area contributed by atoms with Crippen molar-refractivity contribution in [3.05, 3.63) is 104 Å². The third-order valence-corrected chi connectivity index (χ3v) is 9.70. The molecule has 4 amide bonds. The second kappa shape index (κ2) is 18.8. The average molecular weight is 705 g/mol. The molecule has 2 aromatic heterocycles. The van der Waals surface area contributed by atoms with E-state index in [-0.39, 0.29) is 25.1 Å². The largest absolute Gasteiger partial charge is 0.444 e. The third-order valence-electron chi connectivity index (χ3n) is 7.76. The van der Waals surface area contributed by atoms with Gasteiger partial charge in [0.2, 0.25) is 0 Å². The zero-order valence-corrected chi connectivity index (χ0v) is 29.9. The number of alkyl carbamates (subject to hydrolysis) is 1. The molecule has 0 aliphatic carbocycles. The Hall–Kier alpha value is -4.62. The number of ketones is 1. The molecule has 0 saturated heterocycles. The third kappa shape index (κ3) is 12.4. The Balaban J connectivity index is 1.43. The number of aromatic nitrogens is 2. The van der Waals surface area contributed by atoms with Gasteiger partial charge in [-0.25, -0.2) is 14.6 Å². The van der Waals surface area contributed by atoms with Gasteiger partial charge in [0, 0.05) is 36.6 Å². The lowest BCUT2D eigenvalue weighted by atomic mass is 9.95. The quantitative estimate of drug-likeness (QED) is 0.117. The van der Waals surface area contributed by atoms with Crippen LogP contribution in [0.1, 0.15) is 66.2 Å². The summed E-state index contributed by atoms with van der Waals surface area (Å²) >= 11 is 2.94. The van der Waals surface area contributed by atoms with Gasteiger partial charge in [0.1, 0.15) is 6.61 Å². The molecule has 4 aromatic rings. The van der Waals surface area contributed by atoms with Crippen molar-refractivity contribution in [2.24, 2.45) is 0 Å². The van der Waals surface area contributed by atoms with Gasteiger partial charge < -0.3 is 25.6 Å². The molecule has 0 unspecified atom stereocenters. The number of amides is 4. The van der Waals surface area contributed by atoms with Crippen LogP contribution in [0.5, 0.6) is 0 Å². The van der Waals surface area contributed by atoms with Crippen LogP contribution >= 0.6 is 22.7 Å². The Kier molecular flexibility index (Phi) is 14.3. The molecule has 0 aliphatic rings. The van der Waals surface area contributed by atoms with E-state index < -0.39 is 35.9 Å². The van der Waals surface area contributed by atoms with Crippen molar-refractivity contribution in [1.82, 2.24) is 30.8 Å². The maximum atomic E-state index is 13.6. The van der Waals surface area contributed by atoms with E-state index in [1.807, 2.05) is 66.0 Å². The molecule has 4 rings (SSSR count). The average Bonchev–Trinajstić information content (AvgIpc) is 3.78. The second-order valence-electron chi connectivity index (χ2n) is 12.2. The Morgan fingerprint density at radius 1 is 0.857 bits per heavy atom. The van der Waals surface area contributed by atoms with E-state index >= 15 is 0 Å². The number of benzene rings is 2. The summed E-state index contributed by atoms with van der Waals surface area (Å²) in [6, 6.07) is 16.9. The van der Waals surface area contributed by atoms with Gasteiger partial charge in [-0.2, -0.15) is 0 Å². The molecule has 0 fully saturated rings. The highest BCUT2D eigenvalue weighted by Crippen LogP contribution is 2.20. The van der Waals surface area contributed by atoms with E-state index in [0.717, 1.165) is 26.7 Å². The molecule has 0 radical (unpaired) electrons. The summed E-state index contributed by atoms with van der Waals surface area (Å²) in [6.07, 6.45) is 3.15. The first-order valence-corrected chi connectivity index (χ1v) is 18.0. The SMILES string of the molecule is CC(=O)[C@H](NC(=O)N(C)Cc1csc(C(C)C)n1)C(=O)N[C@H](CC[C@H](Cc1ccccc1)NC(=O)OCc1cncs1)Cc1ccccc1. The summed E-state index contributed by atoms with van der Waals surface area (Å²) in [7, 11) is 1.60. The van der Waals surface area contributed by atoms with Crippen LogP contribution in [0.4, 0.5) is 9.59 Å². The number of carbonyl (C=O) groups excluding carboxylic acids is 4. The number of hydrogen-bond donors (Lipinski definition) is 3. The van der Waals surface area contributed by atoms with Crippen LogP contribution in [0.15, 0.2) is 77.8 Å². The maximum Gasteiger partial charge on any atom is 0.407 e. The zero-order valence-electron chi connectivity index (χ0n) is 28.3. The topological polar surface area (TPSA) is 143 Å². The fourth-order valence-corrected chi connectivity index (χ4v) is 6.49. The maximum absolute atomic E-state index is 13.6. The van der Waals surface area contributed by atoms with E-state index in [9.17, 15) is 19.2 Å². The highest BCUT2D eigenvalue weighted by molar-refractivity contribution is 7.09. The van der Waals surface area contributed by atoms with E-state index in [1.165, 1.54) is 34.5 Å². The lowest BCUT2D eigenvalue weighted by Gasteiger charge is -2.26. The molecule has 260 valence electrons. The second-order valence-corrected chi connectivity index (χ2v) is 14.1. The Bertz CT molecular complexity index is 1630. The molecule has 0 spiro atoms. The zero-order chi connectivity index (χ0) is 35.2. The number of Topliss-reactive ketones (excluding diaryl/α,β-unsaturated/α-hetero) is 1. The standard InChI is InChI=1S/C36H44N6O5S2/c1-24(2)34-39-30(22-48-34)20-42(4)35(45)41-32(25(3)43)33(44)38-28(17-26-11-7-5-8-12-26)15-16-29(18-27-13-9-6-10-14-27)40-36(46)47-21-31-19-37-23-49-31/h5-14,19,22-24,28-29,32H,15-18,20-21H2,1-4H3,(H,38,44)(H,40,46)(H,41,45)/t28-,29-,32+/m1/s1. The minimum Gasteiger partial charge on any atom is -0.444 e. The Labute approximate surface area is 295 Å². The van der Waals surface area contributed by atoms with Crippen LogP contribution in [0, 0.1) is 0 Å². The van der Waals surface area contributed by atoms with Crippen LogP contribution < -0.4 is 16.0 Å². The molecule has 2 aromatic carbocycles. The summed E-state index contributed by atoms with van der Waals surface area (Å²) in [5.41, 5.74) is 4.46. The number of carbonyl (C=O) groups is 4. The van der Waals surface area contributed by atoms with Gasteiger partial charge in [0.25, 0.3) is 5.91 Å². The van der Waals surface area contributed by atoms with Gasteiger partial charge in [-0.3, -0.25) is 14.6 Å². The molecule has 0 saturated carbocycles. The molecular weight excluding hydrogens is 661 g/mol. The first-order valence-electron chi connectivity index (χ1n) is 16.2. The molecule has 13 heteroatoms. The highest BCUT2D eigenvalue weighted by Gasteiger charge is 2.29. The number of hydrogen-bond acceptors (Lipinski definition) is 9. The van der Waals surface area contributed by atoms with Gasteiger partial charge in [0.15, 0.2) is 11.8 Å². The summed E-state index contributed by atoms with van der Waals surface area (Å²) in [4.78, 5) is 63.1. The van der Waals surface area contributed by atoms with Crippen molar-refractivity contribution < 1.29 is 23.9 Å². The molecule has 3 N–H and O–H groups in total. The Morgan fingerprint density at radius 3 is 2.00 bits per heavy atom. The summed E-state index contributed by atoms with van der Waals surface area (Å²) < 4.78 is 5.45. The fraction of sp³-hybridized carbons (Fsp3) is 0.389. The van der Waals surface area contributed by atoms with Gasteiger partial charge in [-0.1, -0.05) is 74.5 Å². The molecule has 11 nitrogen and oxygen atoms in total. The lowest BCUT2D eigenvalue weighted by molar-refractivity contribution is -0.130. The number of rotatable bonds is 17. The number of ether oxygens (including phenoxy) is 1. The predicted octanol–water partition coefficient (Wildman–Crippen LogP) is 5.87. The molecule has 3 atom stereocenters. The van der Waals surface area contributed by atoms with Gasteiger partial charge in [-0.15, -0.1) is 22.7 Å². The fourth-order valence-electron chi connectivity index (χ4n) is 5.15. The van der Waals surface area contributed by atoms with Crippen molar-refractivity contribution in [1.29, 1.82) is 0 Å². The van der Waals surface area contributed by atoms with Crippen molar-refractivity contribution in [2.45, 2.75) is 83.6 Å². The smallest absolute Gasteiger partial charge is 0.407 e. The van der Waals surface area contributed by atoms with E-state index in [2.05, 4.69) is 39.8 Å². The van der Waals surface area contributed by atoms with Crippen LogP contribution in [-0.4, -0.2) is 63.9 Å². The van der Waals surface area contributed by atoms with Gasteiger partial charge >= 0.3 is 12.1 Å². The van der Waals surface area contributed by atoms with Crippen LogP contribution in [0.25, 0.3) is 0 Å². The summed E-state index contributed by atoms with van der Waals surface area (Å²) in [6.45, 7) is 5.75. The minimum absolute atomic E-state index is 0.122. The predicted molar refractivity (Wildman–Crippen MR) is 191 cm³/mol. The Morgan fingerprint density at radius 2 is 1.47 bits per heavy atom. The minimum atomic E-state index is -1.38. The van der Waals surface area contributed by atoms with E-state index in [4.69, 9.17) is 4.74 Å². The first-order chi connectivity index (χ1) is 23.6. The molecule has 2 heterocycles. The number of urea groups is 1. The normalized spacial score (nSPS) is 12.8. The molecule has 49 heavy (non-hydrogen) atoms. The molecule has 0 aliphatic heterocycles. The van der Waals surface area contributed by atoms with Crippen LogP contribution in [0.2, 0.25) is 0 Å². The van der Waals surface area contributed by atoms with Gasteiger partial charge in [0.05, 0.1) is 27.6 Å². The lowest BCUT2D eigenvalue weighted by Crippen LogP contribution is -2.55. The van der Waals surface area contributed by atoms with Crippen molar-refractivity contribution in [2.75, 3.05) is 7.05 Å². The summed E-state index contributed by atoms with van der Waals surface area (Å²) in [5.74, 6) is -0.803. The van der Waals surface area contributed by atoms with Crippen molar-refractivity contribution >= 4 is 46.5 Å². The molecular formula is C36H44N6O5S2. The number of nitrogens with one attached hydrogen (secondary N) is 3. The highest BCUT2D eigenvalue weighted by atomic mass is 32.1. The number of thiazole rings is 2. The van der Waals surface area contributed by atoms with E-state index in [1.54, 1.807) is 18.8 Å². The van der Waals surface area contributed by atoms with E-state index in [0.29, 0.717) is 25.7 Å².